The second kappa shape index (κ2) is 8.11. The van der Waals surface area contributed by atoms with Crippen molar-refractivity contribution in [2.24, 2.45) is 0 Å². The van der Waals surface area contributed by atoms with Crippen molar-refractivity contribution in [2.75, 3.05) is 58.4 Å². The number of aliphatic hydroxyl groups is 1. The number of amides is 1. The summed E-state index contributed by atoms with van der Waals surface area (Å²) < 4.78 is 5.26. The number of piperazine rings is 1. The fraction of sp³-hybridized carbons (Fsp3) is 0.632. The Kier molecular flexibility index (Phi) is 5.82. The predicted molar refractivity (Wildman–Crippen MR) is 101 cm³/mol. The molecular weight excluding hydrogens is 346 g/mol. The number of aromatic nitrogens is 1. The van der Waals surface area contributed by atoms with E-state index in [2.05, 4.69) is 27.9 Å². The Morgan fingerprint density at radius 1 is 1.37 bits per heavy atom. The molecule has 2 saturated heterocycles. The van der Waals surface area contributed by atoms with E-state index in [9.17, 15) is 15.2 Å². The first-order valence-electron chi connectivity index (χ1n) is 9.32. The molecule has 2 fully saturated rings. The molecule has 8 nitrogen and oxygen atoms in total. The number of methoxy groups -OCH3 is 1. The molecule has 1 unspecified atom stereocenters. The number of hydrogen-bond donors (Lipinski definition) is 1. The van der Waals surface area contributed by atoms with Gasteiger partial charge in [0.15, 0.2) is 0 Å². The molecule has 0 radical (unpaired) electrons. The van der Waals surface area contributed by atoms with Crippen molar-refractivity contribution in [3.63, 3.8) is 0 Å². The van der Waals surface area contributed by atoms with E-state index in [4.69, 9.17) is 4.74 Å². The van der Waals surface area contributed by atoms with Gasteiger partial charge in [0.05, 0.1) is 19.4 Å². The zero-order valence-corrected chi connectivity index (χ0v) is 16.0. The largest absolute Gasteiger partial charge is 0.480 e. The van der Waals surface area contributed by atoms with Crippen molar-refractivity contribution in [3.05, 3.63) is 17.8 Å². The highest BCUT2D eigenvalue weighted by atomic mass is 16.5. The van der Waals surface area contributed by atoms with Crippen LogP contribution >= 0.6 is 0 Å². The Morgan fingerprint density at radius 2 is 2.19 bits per heavy atom. The number of nitrogens with zero attached hydrogens (tertiary/aromatic N) is 5. The van der Waals surface area contributed by atoms with Crippen LogP contribution in [0.5, 0.6) is 5.88 Å². The second-order valence-electron chi connectivity index (χ2n) is 7.25. The van der Waals surface area contributed by atoms with Gasteiger partial charge in [-0.15, -0.1) is 0 Å². The summed E-state index contributed by atoms with van der Waals surface area (Å²) in [7, 11) is 3.63. The van der Waals surface area contributed by atoms with E-state index >= 15 is 0 Å². The van der Waals surface area contributed by atoms with Gasteiger partial charge >= 0.3 is 0 Å². The predicted octanol–water partition coefficient (Wildman–Crippen LogP) is 0.457. The Balaban J connectivity index is 1.87. The van der Waals surface area contributed by atoms with Crippen molar-refractivity contribution in [1.29, 1.82) is 5.26 Å². The average molecular weight is 373 g/mol. The molecule has 0 bridgehead atoms. The third kappa shape index (κ3) is 3.70. The normalized spacial score (nSPS) is 24.0. The van der Waals surface area contributed by atoms with Crippen LogP contribution in [0, 0.1) is 11.3 Å². The zero-order valence-electron chi connectivity index (χ0n) is 16.0. The van der Waals surface area contributed by atoms with Crippen LogP contribution < -0.4 is 9.64 Å². The third-order valence-corrected chi connectivity index (χ3v) is 5.91. The lowest BCUT2D eigenvalue weighted by Gasteiger charge is -2.50. The maximum absolute atomic E-state index is 12.4. The molecule has 2 aliphatic rings. The van der Waals surface area contributed by atoms with Crippen LogP contribution in [0.15, 0.2) is 12.3 Å². The summed E-state index contributed by atoms with van der Waals surface area (Å²) in [5.74, 6) is 0.447. The van der Waals surface area contributed by atoms with Gasteiger partial charge in [-0.05, 0) is 26.0 Å². The molecule has 1 atom stereocenters. The molecule has 1 aromatic heterocycles. The number of hydrogen-bond acceptors (Lipinski definition) is 7. The van der Waals surface area contributed by atoms with Crippen LogP contribution in [0.25, 0.3) is 0 Å². The van der Waals surface area contributed by atoms with Crippen molar-refractivity contribution in [3.8, 4) is 11.9 Å². The van der Waals surface area contributed by atoms with E-state index in [0.29, 0.717) is 31.0 Å². The molecule has 146 valence electrons. The molecule has 3 rings (SSSR count). The fourth-order valence-electron chi connectivity index (χ4n) is 4.21. The summed E-state index contributed by atoms with van der Waals surface area (Å²) in [6.07, 6.45) is 3.75. The van der Waals surface area contributed by atoms with Gasteiger partial charge < -0.3 is 19.6 Å². The van der Waals surface area contributed by atoms with E-state index < -0.39 is 0 Å². The van der Waals surface area contributed by atoms with Crippen LogP contribution in [0.3, 0.4) is 0 Å². The van der Waals surface area contributed by atoms with Crippen molar-refractivity contribution >= 4 is 11.6 Å². The highest BCUT2D eigenvalue weighted by Crippen LogP contribution is 2.36. The van der Waals surface area contributed by atoms with Crippen LogP contribution in [0.1, 0.15) is 24.8 Å². The minimum absolute atomic E-state index is 0.0109. The smallest absolute Gasteiger partial charge is 0.233 e. The van der Waals surface area contributed by atoms with Crippen LogP contribution in [0.2, 0.25) is 0 Å². The number of β-amino-alcohol motifs (C(OH)–C–C–N with tert-alkyl or cyclic N) is 1. The zero-order chi connectivity index (χ0) is 19.4. The summed E-state index contributed by atoms with van der Waals surface area (Å²) in [6.45, 7) is 3.41. The molecule has 1 amide bonds. The van der Waals surface area contributed by atoms with E-state index in [1.807, 2.05) is 6.07 Å². The quantitative estimate of drug-likeness (QED) is 0.819. The number of ether oxygens (including phenoxy) is 1. The SMILES string of the molecule is COc1nccc(N2CCN(C)C3(CCC(=O)N(CCO)CC3)C2)c1C#N. The van der Waals surface area contributed by atoms with E-state index in [1.165, 1.54) is 7.11 Å². The number of rotatable bonds is 4. The molecule has 0 aromatic carbocycles. The molecule has 3 heterocycles. The Bertz CT molecular complexity index is 735. The number of carbonyl (C=O) groups is 1. The summed E-state index contributed by atoms with van der Waals surface area (Å²) in [5.41, 5.74) is 1.15. The summed E-state index contributed by atoms with van der Waals surface area (Å²) >= 11 is 0. The number of likely N-dealkylation sites (tertiary alicyclic amines) is 1. The average Bonchev–Trinajstić information content (AvgIpc) is 2.84. The van der Waals surface area contributed by atoms with Crippen molar-refractivity contribution < 1.29 is 14.6 Å². The first-order valence-corrected chi connectivity index (χ1v) is 9.32. The Morgan fingerprint density at radius 3 is 2.89 bits per heavy atom. The molecule has 1 N–H and O–H groups in total. The third-order valence-electron chi connectivity index (χ3n) is 5.91. The number of pyridine rings is 1. The molecule has 1 spiro atoms. The Hall–Kier alpha value is -2.37. The topological polar surface area (TPSA) is 92.9 Å². The second-order valence-corrected chi connectivity index (χ2v) is 7.25. The van der Waals surface area contributed by atoms with Gasteiger partial charge in [0, 0.05) is 50.9 Å². The molecule has 2 aliphatic heterocycles. The lowest BCUT2D eigenvalue weighted by Crippen LogP contribution is -2.61. The highest BCUT2D eigenvalue weighted by Gasteiger charge is 2.42. The molecule has 1 aromatic rings. The van der Waals surface area contributed by atoms with Gasteiger partial charge in [0.25, 0.3) is 0 Å². The monoisotopic (exact) mass is 373 g/mol. The Labute approximate surface area is 159 Å². The maximum Gasteiger partial charge on any atom is 0.233 e. The molecule has 27 heavy (non-hydrogen) atoms. The van der Waals surface area contributed by atoms with Gasteiger partial charge in [0.1, 0.15) is 11.6 Å². The van der Waals surface area contributed by atoms with E-state index in [-0.39, 0.29) is 18.1 Å². The first-order chi connectivity index (χ1) is 13.0. The lowest BCUT2D eigenvalue weighted by molar-refractivity contribution is -0.131. The number of carbonyl (C=O) groups excluding carboxylic acids is 1. The van der Waals surface area contributed by atoms with Crippen LogP contribution in [-0.2, 0) is 4.79 Å². The number of likely N-dealkylation sites (N-methyl/N-ethyl adjacent to an activating group) is 1. The first kappa shape index (κ1) is 19.4. The molecule has 0 saturated carbocycles. The van der Waals surface area contributed by atoms with Gasteiger partial charge in [0.2, 0.25) is 11.8 Å². The maximum atomic E-state index is 12.4. The fourth-order valence-corrected chi connectivity index (χ4v) is 4.21. The van der Waals surface area contributed by atoms with Crippen molar-refractivity contribution in [2.45, 2.75) is 24.8 Å². The van der Waals surface area contributed by atoms with Gasteiger partial charge in [-0.1, -0.05) is 0 Å². The molecular formula is C19H27N5O3. The summed E-state index contributed by atoms with van der Waals surface area (Å²) in [6, 6.07) is 4.09. The van der Waals surface area contributed by atoms with Crippen molar-refractivity contribution in [1.82, 2.24) is 14.8 Å². The standard InChI is InChI=1S/C19H27N5O3/c1-22-9-10-24(16-4-7-21-18(27-2)15(16)13-20)14-19(22)5-3-17(26)23(8-6-19)11-12-25/h4,7,25H,3,5-6,8-12,14H2,1-2H3. The van der Waals surface area contributed by atoms with E-state index in [0.717, 1.165) is 38.2 Å². The minimum Gasteiger partial charge on any atom is -0.480 e. The van der Waals surface area contributed by atoms with Crippen LogP contribution in [-0.4, -0.2) is 84.8 Å². The minimum atomic E-state index is -0.138. The van der Waals surface area contributed by atoms with Crippen LogP contribution in [0.4, 0.5) is 5.69 Å². The van der Waals surface area contributed by atoms with Gasteiger partial charge in [-0.25, -0.2) is 4.98 Å². The number of nitriles is 1. The molecule has 0 aliphatic carbocycles. The van der Waals surface area contributed by atoms with Gasteiger partial charge in [-0.2, -0.15) is 5.26 Å². The number of aliphatic hydroxyl groups excluding tert-OH is 1. The molecule has 8 heteroatoms. The van der Waals surface area contributed by atoms with E-state index in [1.54, 1.807) is 11.1 Å². The lowest BCUT2D eigenvalue weighted by atomic mass is 9.86. The summed E-state index contributed by atoms with van der Waals surface area (Å²) in [4.78, 5) is 22.9. The number of anilines is 1. The highest BCUT2D eigenvalue weighted by molar-refractivity contribution is 5.76. The summed E-state index contributed by atoms with van der Waals surface area (Å²) in [5, 5.41) is 18.8. The van der Waals surface area contributed by atoms with Gasteiger partial charge in [-0.3, -0.25) is 9.69 Å².